The summed E-state index contributed by atoms with van der Waals surface area (Å²) in [6, 6.07) is 3.81. The number of aromatic nitrogens is 4. The maximum absolute atomic E-state index is 13.7. The van der Waals surface area contributed by atoms with Crippen molar-refractivity contribution in [2.45, 2.75) is 80.7 Å². The number of fused-ring (bicyclic) bond motifs is 1. The van der Waals surface area contributed by atoms with Crippen LogP contribution in [-0.4, -0.2) is 76.3 Å². The van der Waals surface area contributed by atoms with Crippen LogP contribution in [0.25, 0.3) is 5.65 Å². The quantitative estimate of drug-likeness (QED) is 0.353. The van der Waals surface area contributed by atoms with E-state index in [-0.39, 0.29) is 23.4 Å². The highest BCUT2D eigenvalue weighted by molar-refractivity contribution is 5.98. The minimum atomic E-state index is -0.757. The molecule has 44 heavy (non-hydrogen) atoms. The second kappa shape index (κ2) is 13.8. The van der Waals surface area contributed by atoms with Crippen LogP contribution in [0.2, 0.25) is 0 Å². The Labute approximate surface area is 259 Å². The second-order valence-electron chi connectivity index (χ2n) is 12.8. The fourth-order valence-corrected chi connectivity index (χ4v) is 4.78. The van der Waals surface area contributed by atoms with Crippen molar-refractivity contribution in [3.63, 3.8) is 0 Å². The van der Waals surface area contributed by atoms with E-state index >= 15 is 0 Å². The zero-order valence-corrected chi connectivity index (χ0v) is 27.8. The molecule has 3 heterocycles. The number of hydrogen-bond acceptors (Lipinski definition) is 9. The summed E-state index contributed by atoms with van der Waals surface area (Å²) in [5.74, 6) is 0.372. The number of Topliss-reactive ketones (excluding diaryl/α,β-unsaturated/α-hetero) is 1. The van der Waals surface area contributed by atoms with Gasteiger partial charge >= 0.3 is 5.97 Å². The van der Waals surface area contributed by atoms with Crippen LogP contribution in [-0.2, 0) is 27.9 Å². The average Bonchev–Trinajstić information content (AvgIpc) is 3.26. The fraction of sp³-hybridized carbons (Fsp3) is 0.594. The molecule has 1 saturated heterocycles. The minimum absolute atomic E-state index is 0.0250. The molecule has 0 radical (unpaired) electrons. The molecule has 1 aromatic carbocycles. The van der Waals surface area contributed by atoms with Crippen LogP contribution in [0, 0.1) is 17.7 Å². The number of ether oxygens (including phenoxy) is 3. The number of rotatable bonds is 8. The SMILES string of the molecule is CC(C)(C)C(=O)O.CCOc1nn2c(=N)n(CC(=O)c3cc(N4CCOCC4)c(OC)c(C(C)(C)C)c3)nc2c(CC)c1C. The number of nitrogens with one attached hydrogen (secondary N) is 1. The molecule has 0 saturated carbocycles. The molecule has 2 aromatic heterocycles. The number of carbonyl (C=O) groups is 2. The van der Waals surface area contributed by atoms with Gasteiger partial charge in [0.25, 0.3) is 0 Å². The Morgan fingerprint density at radius 2 is 1.68 bits per heavy atom. The van der Waals surface area contributed by atoms with Gasteiger partial charge in [-0.1, -0.05) is 27.7 Å². The smallest absolute Gasteiger partial charge is 0.308 e. The van der Waals surface area contributed by atoms with Crippen molar-refractivity contribution in [2.75, 3.05) is 44.9 Å². The van der Waals surface area contributed by atoms with E-state index in [0.29, 0.717) is 43.3 Å². The molecule has 0 aliphatic carbocycles. The van der Waals surface area contributed by atoms with E-state index in [9.17, 15) is 9.59 Å². The highest BCUT2D eigenvalue weighted by atomic mass is 16.5. The summed E-state index contributed by atoms with van der Waals surface area (Å²) >= 11 is 0. The highest BCUT2D eigenvalue weighted by Crippen LogP contribution is 2.40. The zero-order valence-electron chi connectivity index (χ0n) is 27.8. The summed E-state index contributed by atoms with van der Waals surface area (Å²) in [6.45, 7) is 20.3. The lowest BCUT2D eigenvalue weighted by atomic mass is 9.84. The van der Waals surface area contributed by atoms with Gasteiger partial charge in [-0.05, 0) is 58.6 Å². The molecule has 0 unspecified atom stereocenters. The van der Waals surface area contributed by atoms with Gasteiger partial charge in [-0.25, -0.2) is 4.68 Å². The van der Waals surface area contributed by atoms with Crippen molar-refractivity contribution < 1.29 is 28.9 Å². The molecule has 0 spiro atoms. The summed E-state index contributed by atoms with van der Waals surface area (Å²) in [7, 11) is 1.67. The monoisotopic (exact) mass is 612 g/mol. The van der Waals surface area contributed by atoms with Crippen LogP contribution in [0.4, 0.5) is 5.69 Å². The Balaban J connectivity index is 0.000000676. The molecule has 12 nitrogen and oxygen atoms in total. The molecule has 2 N–H and O–H groups in total. The fourth-order valence-electron chi connectivity index (χ4n) is 4.78. The zero-order chi connectivity index (χ0) is 33.0. The van der Waals surface area contributed by atoms with Crippen molar-refractivity contribution in [3.8, 4) is 11.6 Å². The van der Waals surface area contributed by atoms with E-state index in [1.807, 2.05) is 32.9 Å². The van der Waals surface area contributed by atoms with Crippen molar-refractivity contribution in [3.05, 3.63) is 40.0 Å². The normalized spacial score (nSPS) is 13.8. The first-order valence-electron chi connectivity index (χ1n) is 15.0. The summed E-state index contributed by atoms with van der Waals surface area (Å²) in [5, 5.41) is 26.1. The minimum Gasteiger partial charge on any atom is -0.494 e. The van der Waals surface area contributed by atoms with Gasteiger partial charge in [-0.15, -0.1) is 10.2 Å². The Bertz CT molecular complexity index is 1550. The predicted octanol–water partition coefficient (Wildman–Crippen LogP) is 4.42. The summed E-state index contributed by atoms with van der Waals surface area (Å²) in [6.07, 6.45) is 0.707. The number of morpholine rings is 1. The first-order chi connectivity index (χ1) is 20.5. The Kier molecular flexibility index (Phi) is 10.8. The van der Waals surface area contributed by atoms with Crippen molar-refractivity contribution in [2.24, 2.45) is 5.41 Å². The Morgan fingerprint density at radius 3 is 2.18 bits per heavy atom. The van der Waals surface area contributed by atoms with Crippen LogP contribution >= 0.6 is 0 Å². The third kappa shape index (κ3) is 7.58. The van der Waals surface area contributed by atoms with Gasteiger partial charge in [-0.2, -0.15) is 4.52 Å². The number of hydrogen-bond donors (Lipinski definition) is 2. The van der Waals surface area contributed by atoms with E-state index in [1.165, 1.54) is 9.20 Å². The number of carbonyl (C=O) groups excluding carboxylic acids is 1. The molecular weight excluding hydrogens is 564 g/mol. The molecule has 3 aromatic rings. The standard InChI is InChI=1S/C27H38N6O4.C5H10O2/c1-8-19-17(3)25(37-9-2)30-33-24(19)29-32(26(33)28)16-22(34)18-14-20(27(4,5)6)23(35-7)21(15-18)31-10-12-36-13-11-31;1-5(2,3)4(6)7/h14-15,28H,8-13,16H2,1-7H3;1-3H3,(H,6,7). The van der Waals surface area contributed by atoms with E-state index < -0.39 is 11.4 Å². The van der Waals surface area contributed by atoms with Crippen molar-refractivity contribution in [1.82, 2.24) is 19.4 Å². The molecule has 1 fully saturated rings. The molecule has 0 atom stereocenters. The summed E-state index contributed by atoms with van der Waals surface area (Å²) < 4.78 is 20.0. The van der Waals surface area contributed by atoms with Crippen LogP contribution < -0.4 is 20.0 Å². The predicted molar refractivity (Wildman–Crippen MR) is 168 cm³/mol. The average molecular weight is 613 g/mol. The van der Waals surface area contributed by atoms with Crippen molar-refractivity contribution in [1.29, 1.82) is 5.41 Å². The molecule has 1 aliphatic rings. The third-order valence-electron chi connectivity index (χ3n) is 7.42. The molecule has 0 bridgehead atoms. The van der Waals surface area contributed by atoms with E-state index in [0.717, 1.165) is 41.2 Å². The molecule has 242 valence electrons. The molecule has 0 amide bonds. The maximum atomic E-state index is 13.7. The second-order valence-corrected chi connectivity index (χ2v) is 12.8. The number of aliphatic carboxylic acids is 1. The molecule has 4 rings (SSSR count). The van der Waals surface area contributed by atoms with E-state index in [2.05, 4.69) is 35.9 Å². The first kappa shape index (κ1) is 34.6. The Morgan fingerprint density at radius 1 is 1.07 bits per heavy atom. The van der Waals surface area contributed by atoms with Gasteiger partial charge in [0.2, 0.25) is 11.5 Å². The lowest BCUT2D eigenvalue weighted by molar-refractivity contribution is -0.145. The lowest BCUT2D eigenvalue weighted by Crippen LogP contribution is -2.37. The van der Waals surface area contributed by atoms with Gasteiger partial charge < -0.3 is 24.2 Å². The van der Waals surface area contributed by atoms with Gasteiger partial charge in [0.05, 0.1) is 38.0 Å². The van der Waals surface area contributed by atoms with Crippen LogP contribution in [0.15, 0.2) is 12.1 Å². The van der Waals surface area contributed by atoms with Crippen LogP contribution in [0.3, 0.4) is 0 Å². The molecule has 12 heteroatoms. The largest absolute Gasteiger partial charge is 0.494 e. The number of carboxylic acid groups (broad SMARTS) is 1. The summed E-state index contributed by atoms with van der Waals surface area (Å²) in [5.41, 5.74) is 4.03. The van der Waals surface area contributed by atoms with Gasteiger partial charge in [-0.3, -0.25) is 15.0 Å². The van der Waals surface area contributed by atoms with Crippen LogP contribution in [0.1, 0.15) is 82.4 Å². The van der Waals surface area contributed by atoms with E-state index in [1.54, 1.807) is 27.9 Å². The summed E-state index contributed by atoms with van der Waals surface area (Å²) in [4.78, 5) is 25.9. The van der Waals surface area contributed by atoms with Gasteiger partial charge in [0, 0.05) is 35.3 Å². The number of ketones is 1. The number of anilines is 1. The van der Waals surface area contributed by atoms with Gasteiger partial charge in [0.1, 0.15) is 12.3 Å². The molecular formula is C32H48N6O6. The lowest BCUT2D eigenvalue weighted by Gasteiger charge is -2.33. The highest BCUT2D eigenvalue weighted by Gasteiger charge is 2.28. The third-order valence-corrected chi connectivity index (χ3v) is 7.42. The maximum Gasteiger partial charge on any atom is 0.308 e. The topological polar surface area (TPSA) is 144 Å². The first-order valence-corrected chi connectivity index (χ1v) is 15.0. The number of carboxylic acids is 1. The number of nitrogens with zero attached hydrogens (tertiary/aromatic N) is 5. The number of methoxy groups -OCH3 is 1. The van der Waals surface area contributed by atoms with Crippen molar-refractivity contribution >= 4 is 23.1 Å². The number of benzene rings is 1. The van der Waals surface area contributed by atoms with Crippen LogP contribution in [0.5, 0.6) is 11.6 Å². The van der Waals surface area contributed by atoms with E-state index in [4.69, 9.17) is 24.7 Å². The number of aryl methyl sites for hydroxylation is 1. The molecule has 1 aliphatic heterocycles. The Hall–Kier alpha value is -3.93. The van der Waals surface area contributed by atoms with Gasteiger partial charge in [0.15, 0.2) is 11.4 Å².